The monoisotopic (exact) mass is 1790 g/mol. The molecule has 5 N–H and O–H groups in total. The van der Waals surface area contributed by atoms with Crippen LogP contribution in [0.4, 0.5) is 0 Å². The van der Waals surface area contributed by atoms with E-state index in [1.165, 1.54) is 61.7 Å². The molecule has 0 aliphatic heterocycles. The largest absolute Gasteiger partial charge is 0.490 e. The molecule has 4 aliphatic carbocycles. The van der Waals surface area contributed by atoms with E-state index in [0.29, 0.717) is 59.7 Å². The van der Waals surface area contributed by atoms with E-state index in [1.807, 2.05) is 73.1 Å². The highest BCUT2D eigenvalue weighted by Gasteiger charge is 2.50. The number of carbonyl (C=O) groups excluding carboxylic acids is 7. The normalized spacial score (nSPS) is 16.6. The van der Waals surface area contributed by atoms with Crippen LogP contribution in [0.1, 0.15) is 198 Å². The Balaban J connectivity index is 0.000000292. The number of hydrogen-bond acceptors (Lipinski definition) is 27. The topological polar surface area (TPSA) is 404 Å². The van der Waals surface area contributed by atoms with Gasteiger partial charge >= 0.3 is 29.8 Å². The molecule has 4 aromatic carbocycles. The molecule has 0 radical (unpaired) electrons. The van der Waals surface area contributed by atoms with Crippen LogP contribution in [0.3, 0.4) is 0 Å². The summed E-state index contributed by atoms with van der Waals surface area (Å²) in [5.74, 6) is -4.61. The fourth-order valence-electron chi connectivity index (χ4n) is 14.0. The lowest BCUT2D eigenvalue weighted by molar-refractivity contribution is -0.198. The number of rotatable bonds is 53. The van der Waals surface area contributed by atoms with Crippen LogP contribution in [0, 0.1) is 11.8 Å². The smallest absolute Gasteiger partial charge is 0.306 e. The molecule has 10 rings (SSSR count). The molecule has 123 heavy (non-hydrogen) atoms. The van der Waals surface area contributed by atoms with Gasteiger partial charge in [-0.1, -0.05) is 100 Å². The molecule has 4 aliphatic rings. The fraction of sp³-hybridized carbons (Fsp3) is 0.544. The van der Waals surface area contributed by atoms with E-state index in [9.17, 15) is 70.8 Å². The highest BCUT2D eigenvalue weighted by Crippen LogP contribution is 2.55. The summed E-state index contributed by atoms with van der Waals surface area (Å²) in [4.78, 5) is 97.7. The van der Waals surface area contributed by atoms with Gasteiger partial charge in [0.05, 0.1) is 65.7 Å². The SMILES string of the molecule is CCC(=O)OC[C@@H](OC(=O)CC)[C@@H](OC(=O)CC)[C@H](OC(=O)CC)[C@H](COC(C)=O)CC(=O)CCCCCN(C)S(=O)(=O)c1ccc(Cl)c(COC2(c3cnccc3-c3ccccc3OC3CC3)CC2)c1.CN(CCCCCC(=O)C[C@@H](CO)[C@@H](O)[C@H](O)[C@H](O)CO)S(=O)(=O)c1ccc(Cl)c(COC2(c3cnccc3-c3ccccc3OC3CC3)CC2)c1. The Morgan fingerprint density at radius 3 is 1.35 bits per heavy atom. The van der Waals surface area contributed by atoms with Gasteiger partial charge in [-0.25, -0.2) is 25.4 Å². The molecular formula is C90H116Cl2N4O25S2. The maximum absolute atomic E-state index is 13.9. The maximum atomic E-state index is 13.9. The summed E-state index contributed by atoms with van der Waals surface area (Å²) in [6.07, 6.45) is 7.44. The lowest BCUT2D eigenvalue weighted by atomic mass is 9.89. The number of sulfonamides is 2. The number of nitrogens with zero attached hydrogens (tertiary/aromatic N) is 4. The molecule has 2 heterocycles. The molecule has 33 heteroatoms. The summed E-state index contributed by atoms with van der Waals surface area (Å²) >= 11 is 13.2. The van der Waals surface area contributed by atoms with Crippen LogP contribution in [-0.2, 0) is 111 Å². The average molecular weight is 1790 g/mol. The van der Waals surface area contributed by atoms with Crippen LogP contribution in [0.5, 0.6) is 11.5 Å². The highest BCUT2D eigenvalue weighted by atomic mass is 35.5. The van der Waals surface area contributed by atoms with Gasteiger partial charge in [0, 0.05) is 161 Å². The van der Waals surface area contributed by atoms with Gasteiger partial charge in [-0.2, -0.15) is 0 Å². The summed E-state index contributed by atoms with van der Waals surface area (Å²) in [7, 11) is -4.85. The first-order chi connectivity index (χ1) is 58.8. The molecule has 0 spiro atoms. The Bertz CT molecular complexity index is 4790. The number of halogens is 2. The number of unbranched alkanes of at least 4 members (excludes halogenated alkanes) is 4. The van der Waals surface area contributed by atoms with Crippen molar-refractivity contribution < 1.29 is 119 Å². The van der Waals surface area contributed by atoms with E-state index in [4.69, 9.17) is 70.9 Å². The van der Waals surface area contributed by atoms with E-state index >= 15 is 0 Å². The lowest BCUT2D eigenvalue weighted by Gasteiger charge is -2.36. The number of para-hydroxylation sites is 2. The van der Waals surface area contributed by atoms with E-state index in [-0.39, 0.29) is 111 Å². The van der Waals surface area contributed by atoms with E-state index in [1.54, 1.807) is 37.5 Å². The van der Waals surface area contributed by atoms with E-state index in [2.05, 4.69) is 9.97 Å². The zero-order chi connectivity index (χ0) is 89.2. The van der Waals surface area contributed by atoms with Crippen molar-refractivity contribution in [3.8, 4) is 33.8 Å². The fourth-order valence-corrected chi connectivity index (χ4v) is 16.9. The van der Waals surface area contributed by atoms with Gasteiger partial charge in [-0.3, -0.25) is 43.5 Å². The van der Waals surface area contributed by atoms with Gasteiger partial charge < -0.3 is 68.2 Å². The minimum absolute atomic E-state index is 0.0131. The Labute approximate surface area is 729 Å². The van der Waals surface area contributed by atoms with Crippen molar-refractivity contribution >= 4 is 84.7 Å². The Morgan fingerprint density at radius 1 is 0.504 bits per heavy atom. The molecule has 0 bridgehead atoms. The number of carbonyl (C=O) groups is 7. The first-order valence-corrected chi connectivity index (χ1v) is 45.8. The number of hydrogen-bond donors (Lipinski definition) is 5. The van der Waals surface area contributed by atoms with E-state index in [0.717, 1.165) is 103 Å². The zero-order valence-corrected chi connectivity index (χ0v) is 73.9. The van der Waals surface area contributed by atoms with Crippen LogP contribution < -0.4 is 9.47 Å². The average Bonchev–Trinajstić information content (AvgIpc) is 1.61. The Hall–Kier alpha value is -8.41. The third-order valence-electron chi connectivity index (χ3n) is 22.0. The summed E-state index contributed by atoms with van der Waals surface area (Å²) in [6, 6.07) is 28.9. The second-order valence-corrected chi connectivity index (χ2v) is 36.5. The molecule has 2 aromatic heterocycles. The van der Waals surface area contributed by atoms with Gasteiger partial charge in [0.2, 0.25) is 20.0 Å². The molecule has 29 nitrogen and oxygen atoms in total. The number of pyridine rings is 2. The first kappa shape index (κ1) is 98.4. The molecule has 6 aromatic rings. The lowest BCUT2D eigenvalue weighted by Crippen LogP contribution is -2.52. The van der Waals surface area contributed by atoms with Crippen molar-refractivity contribution in [2.75, 3.05) is 53.6 Å². The third-order valence-corrected chi connectivity index (χ3v) is 26.4. The molecule has 0 amide bonds. The standard InChI is InChI=1S/C52H67ClN2O15S.C38H49ClN2O10S/c1-7-46(58)65-33-45(68-47(59)8-2)51(70-49(61)10-4)50(69-48(60)9-3)36(31-64-34(5)56)28-37(57)16-12-11-15-27-55(6)71(62,63)39-21-22-43(53)35(29-39)32-66-52(24-25-52)42-30-54-26-23-40(42)41-17-13-14-18-44(41)67-38-19-20-38;1-41(18-6-2-3-7-27(44)19-25(22-42)36(46)37(47)34(45)23-43)52(48,49)29-12-13-33(39)26(20-29)24-50-38(15-16-38)32-21-40-17-14-30(32)31-8-4-5-9-35(31)51-28-10-11-28/h13-14,17-18,21-23,26,29-30,36,38,45,50-51H,7-12,15-16,19-20,24-25,27-28,31-33H2,1-6H3;4-5,8-9,12-14,17,20-21,25,28,34,36-37,42-43,45-47H,2-3,6-7,10-11,15-16,18-19,22-24H2,1H3/t36-,45+,50+,51+;25-,34+,36+,37+/m00/s1. The number of benzene rings is 4. The number of ether oxygens (including phenoxy) is 9. The second kappa shape index (κ2) is 46.7. The molecule has 0 unspecified atom stereocenters. The van der Waals surface area contributed by atoms with Crippen molar-refractivity contribution in [3.63, 3.8) is 0 Å². The van der Waals surface area contributed by atoms with Crippen LogP contribution in [0.15, 0.2) is 132 Å². The quantitative estimate of drug-likeness (QED) is 0.0134. The van der Waals surface area contributed by atoms with Gasteiger partial charge in [-0.15, -0.1) is 0 Å². The minimum Gasteiger partial charge on any atom is -0.490 e. The van der Waals surface area contributed by atoms with Crippen LogP contribution in [0.2, 0.25) is 10.0 Å². The second-order valence-electron chi connectivity index (χ2n) is 31.6. The number of aromatic nitrogens is 2. The van der Waals surface area contributed by atoms with Crippen molar-refractivity contribution in [2.45, 2.75) is 259 Å². The Kier molecular flexibility index (Phi) is 37.4. The summed E-state index contributed by atoms with van der Waals surface area (Å²) in [6.45, 7) is 5.44. The molecule has 4 fully saturated rings. The predicted molar refractivity (Wildman–Crippen MR) is 454 cm³/mol. The summed E-state index contributed by atoms with van der Waals surface area (Å²) < 4.78 is 111. The van der Waals surface area contributed by atoms with Crippen molar-refractivity contribution in [2.24, 2.45) is 11.8 Å². The molecule has 0 saturated heterocycles. The van der Waals surface area contributed by atoms with Crippen LogP contribution >= 0.6 is 23.2 Å². The van der Waals surface area contributed by atoms with Crippen LogP contribution in [-0.4, -0.2) is 205 Å². The van der Waals surface area contributed by atoms with Gasteiger partial charge in [-0.05, 0) is 160 Å². The summed E-state index contributed by atoms with van der Waals surface area (Å²) in [5.41, 5.74) is 5.60. The maximum Gasteiger partial charge on any atom is 0.306 e. The minimum atomic E-state index is -3.97. The number of Topliss-reactive ketones (excluding diaryl/α,β-unsaturated/α-hetero) is 2. The van der Waals surface area contributed by atoms with Gasteiger partial charge in [0.1, 0.15) is 48.0 Å². The summed E-state index contributed by atoms with van der Waals surface area (Å²) in [5, 5.41) is 48.9. The molecule has 672 valence electrons. The molecule has 8 atom stereocenters. The van der Waals surface area contributed by atoms with Crippen molar-refractivity contribution in [1.82, 2.24) is 18.6 Å². The highest BCUT2D eigenvalue weighted by molar-refractivity contribution is 7.89. The number of ketones is 2. The zero-order valence-electron chi connectivity index (χ0n) is 70.8. The Morgan fingerprint density at radius 2 is 0.935 bits per heavy atom. The van der Waals surface area contributed by atoms with E-state index < -0.39 is 136 Å². The van der Waals surface area contributed by atoms with Gasteiger partial charge in [0.15, 0.2) is 12.2 Å². The molecule has 4 saturated carbocycles. The number of esters is 5. The predicted octanol–water partition coefficient (Wildman–Crippen LogP) is 12.4. The molecular weight excluding hydrogens is 1670 g/mol. The third kappa shape index (κ3) is 28.3. The number of aliphatic hydroxyl groups excluding tert-OH is 5. The van der Waals surface area contributed by atoms with Crippen molar-refractivity contribution in [1.29, 1.82) is 0 Å². The number of aliphatic hydroxyl groups is 5. The van der Waals surface area contributed by atoms with Crippen LogP contribution in [0.25, 0.3) is 22.3 Å². The van der Waals surface area contributed by atoms with Gasteiger partial charge in [0.25, 0.3) is 0 Å². The first-order valence-electron chi connectivity index (χ1n) is 42.2. The van der Waals surface area contributed by atoms with Crippen molar-refractivity contribution in [3.05, 3.63) is 154 Å².